The molecule has 16 heavy (non-hydrogen) atoms. The Balaban J connectivity index is 2.06. The third-order valence-electron chi connectivity index (χ3n) is 3.10. The van der Waals surface area contributed by atoms with Gasteiger partial charge in [0, 0.05) is 5.92 Å². The fourth-order valence-corrected chi connectivity index (χ4v) is 2.15. The van der Waals surface area contributed by atoms with Crippen molar-refractivity contribution in [3.63, 3.8) is 0 Å². The molecular weight excluding hydrogens is 200 g/mol. The zero-order valence-electron chi connectivity index (χ0n) is 9.43. The second-order valence-electron chi connectivity index (χ2n) is 4.11. The minimum atomic E-state index is -0.122. The van der Waals surface area contributed by atoms with Crippen molar-refractivity contribution in [1.82, 2.24) is 0 Å². The fourth-order valence-electron chi connectivity index (χ4n) is 2.15. The summed E-state index contributed by atoms with van der Waals surface area (Å²) >= 11 is 0. The normalized spacial score (nSPS) is 24.1. The van der Waals surface area contributed by atoms with Gasteiger partial charge in [0.1, 0.15) is 0 Å². The number of hydrogen-bond acceptors (Lipinski definition) is 2. The van der Waals surface area contributed by atoms with Crippen LogP contribution in [0.15, 0.2) is 42.5 Å². The topological polar surface area (TPSA) is 26.3 Å². The molecule has 84 valence electrons. The summed E-state index contributed by atoms with van der Waals surface area (Å²) in [6.45, 7) is 0. The molecule has 0 N–H and O–H groups in total. The molecule has 0 bridgehead atoms. The average Bonchev–Trinajstić information content (AvgIpc) is 2.39. The van der Waals surface area contributed by atoms with E-state index in [9.17, 15) is 4.79 Å². The predicted octanol–water partition coefficient (Wildman–Crippen LogP) is 2.91. The summed E-state index contributed by atoms with van der Waals surface area (Å²) in [6, 6.07) is 10.4. The van der Waals surface area contributed by atoms with Crippen molar-refractivity contribution in [2.24, 2.45) is 5.92 Å². The lowest BCUT2D eigenvalue weighted by molar-refractivity contribution is -0.144. The molecule has 1 aliphatic rings. The highest BCUT2D eigenvalue weighted by atomic mass is 16.5. The van der Waals surface area contributed by atoms with Gasteiger partial charge < -0.3 is 4.74 Å². The quantitative estimate of drug-likeness (QED) is 0.561. The molecule has 2 atom stereocenters. The number of carbonyl (C=O) groups excluding carboxylic acids is 1. The van der Waals surface area contributed by atoms with Crippen molar-refractivity contribution in [2.75, 3.05) is 7.11 Å². The van der Waals surface area contributed by atoms with Crippen LogP contribution >= 0.6 is 0 Å². The van der Waals surface area contributed by atoms with Crippen molar-refractivity contribution in [3.05, 3.63) is 48.0 Å². The standard InChI is InChI=1S/C14H16O2/c1-16-14(15)13-9-7-12(8-10-13)11-5-3-2-4-6-11/h2-7,9,12-13H,8,10H2,1H3. The largest absolute Gasteiger partial charge is 0.469 e. The Morgan fingerprint density at radius 2 is 1.94 bits per heavy atom. The molecule has 0 amide bonds. The highest BCUT2D eigenvalue weighted by Crippen LogP contribution is 2.30. The number of ether oxygens (including phenoxy) is 1. The summed E-state index contributed by atoms with van der Waals surface area (Å²) < 4.78 is 4.74. The monoisotopic (exact) mass is 216 g/mol. The van der Waals surface area contributed by atoms with Crippen molar-refractivity contribution in [1.29, 1.82) is 0 Å². The summed E-state index contributed by atoms with van der Waals surface area (Å²) in [5, 5.41) is 0. The van der Waals surface area contributed by atoms with E-state index in [1.807, 2.05) is 12.1 Å². The third kappa shape index (κ3) is 2.32. The van der Waals surface area contributed by atoms with Gasteiger partial charge in [0.25, 0.3) is 0 Å². The first kappa shape index (κ1) is 10.9. The van der Waals surface area contributed by atoms with Gasteiger partial charge in [0.2, 0.25) is 0 Å². The molecule has 0 spiro atoms. The van der Waals surface area contributed by atoms with Crippen LogP contribution in [0.5, 0.6) is 0 Å². The lowest BCUT2D eigenvalue weighted by atomic mass is 9.84. The van der Waals surface area contributed by atoms with Crippen molar-refractivity contribution in [3.8, 4) is 0 Å². The highest BCUT2D eigenvalue weighted by molar-refractivity contribution is 5.74. The SMILES string of the molecule is COC(=O)C1C=CC(c2ccccc2)CC1. The first-order valence-electron chi connectivity index (χ1n) is 5.62. The Bertz CT molecular complexity index is 381. The van der Waals surface area contributed by atoms with E-state index in [1.165, 1.54) is 12.7 Å². The summed E-state index contributed by atoms with van der Waals surface area (Å²) in [5.41, 5.74) is 1.32. The van der Waals surface area contributed by atoms with Gasteiger partial charge in [-0.25, -0.2) is 0 Å². The smallest absolute Gasteiger partial charge is 0.312 e. The number of carbonyl (C=O) groups is 1. The molecule has 0 aromatic heterocycles. The molecule has 0 saturated carbocycles. The molecule has 0 aliphatic heterocycles. The Morgan fingerprint density at radius 1 is 1.19 bits per heavy atom. The lowest BCUT2D eigenvalue weighted by Gasteiger charge is -2.21. The van der Waals surface area contributed by atoms with Gasteiger partial charge in [-0.3, -0.25) is 4.79 Å². The number of hydrogen-bond donors (Lipinski definition) is 0. The Labute approximate surface area is 95.9 Å². The van der Waals surface area contributed by atoms with E-state index >= 15 is 0 Å². The molecule has 0 heterocycles. The average molecular weight is 216 g/mol. The molecule has 0 fully saturated rings. The molecule has 2 nitrogen and oxygen atoms in total. The van der Waals surface area contributed by atoms with Crippen LogP contribution in [0, 0.1) is 5.92 Å². The molecule has 2 heteroatoms. The van der Waals surface area contributed by atoms with Gasteiger partial charge in [-0.05, 0) is 18.4 Å². The van der Waals surface area contributed by atoms with E-state index in [0.717, 1.165) is 12.8 Å². The second kappa shape index (κ2) is 4.97. The fraction of sp³-hybridized carbons (Fsp3) is 0.357. The van der Waals surface area contributed by atoms with Crippen LogP contribution in [0.2, 0.25) is 0 Å². The highest BCUT2D eigenvalue weighted by Gasteiger charge is 2.22. The van der Waals surface area contributed by atoms with E-state index in [-0.39, 0.29) is 11.9 Å². The van der Waals surface area contributed by atoms with Crippen LogP contribution in [0.4, 0.5) is 0 Å². The molecule has 1 aliphatic carbocycles. The van der Waals surface area contributed by atoms with Crippen molar-refractivity contribution < 1.29 is 9.53 Å². The molecule has 2 unspecified atom stereocenters. The molecule has 1 aromatic carbocycles. The second-order valence-corrected chi connectivity index (χ2v) is 4.11. The maximum atomic E-state index is 11.3. The Hall–Kier alpha value is -1.57. The van der Waals surface area contributed by atoms with Crippen molar-refractivity contribution >= 4 is 5.97 Å². The van der Waals surface area contributed by atoms with Crippen LogP contribution in [-0.2, 0) is 9.53 Å². The number of methoxy groups -OCH3 is 1. The molecule has 2 rings (SSSR count). The van der Waals surface area contributed by atoms with Crippen LogP contribution in [0.3, 0.4) is 0 Å². The summed E-state index contributed by atoms with van der Waals surface area (Å²) in [4.78, 5) is 11.3. The van der Waals surface area contributed by atoms with E-state index in [2.05, 4.69) is 30.3 Å². The Kier molecular flexibility index (Phi) is 3.40. The lowest BCUT2D eigenvalue weighted by Crippen LogP contribution is -2.18. The Morgan fingerprint density at radius 3 is 2.50 bits per heavy atom. The van der Waals surface area contributed by atoms with Crippen LogP contribution < -0.4 is 0 Å². The maximum Gasteiger partial charge on any atom is 0.312 e. The van der Waals surface area contributed by atoms with Crippen molar-refractivity contribution in [2.45, 2.75) is 18.8 Å². The summed E-state index contributed by atoms with van der Waals surface area (Å²) in [5.74, 6) is 0.273. The van der Waals surface area contributed by atoms with E-state index in [0.29, 0.717) is 5.92 Å². The number of benzene rings is 1. The predicted molar refractivity (Wildman–Crippen MR) is 63.1 cm³/mol. The first-order valence-corrected chi connectivity index (χ1v) is 5.62. The van der Waals surface area contributed by atoms with E-state index in [4.69, 9.17) is 4.74 Å². The maximum absolute atomic E-state index is 11.3. The van der Waals surface area contributed by atoms with Crippen LogP contribution in [-0.4, -0.2) is 13.1 Å². The summed E-state index contributed by atoms with van der Waals surface area (Å²) in [6.07, 6.45) is 6.00. The van der Waals surface area contributed by atoms with E-state index in [1.54, 1.807) is 0 Å². The molecule has 0 radical (unpaired) electrons. The molecule has 1 aromatic rings. The minimum absolute atomic E-state index is 0.0510. The zero-order valence-corrected chi connectivity index (χ0v) is 9.43. The number of esters is 1. The van der Waals surface area contributed by atoms with Gasteiger partial charge in [0.15, 0.2) is 0 Å². The molecule has 0 saturated heterocycles. The van der Waals surface area contributed by atoms with Gasteiger partial charge >= 0.3 is 5.97 Å². The van der Waals surface area contributed by atoms with Gasteiger partial charge in [0.05, 0.1) is 13.0 Å². The number of rotatable bonds is 2. The number of allylic oxidation sites excluding steroid dienone is 1. The van der Waals surface area contributed by atoms with Gasteiger partial charge in [-0.2, -0.15) is 0 Å². The molecular formula is C14H16O2. The third-order valence-corrected chi connectivity index (χ3v) is 3.10. The summed E-state index contributed by atoms with van der Waals surface area (Å²) in [7, 11) is 1.44. The minimum Gasteiger partial charge on any atom is -0.469 e. The van der Waals surface area contributed by atoms with Gasteiger partial charge in [-0.1, -0.05) is 42.5 Å². The van der Waals surface area contributed by atoms with E-state index < -0.39 is 0 Å². The van der Waals surface area contributed by atoms with Crippen LogP contribution in [0.1, 0.15) is 24.3 Å². The zero-order chi connectivity index (χ0) is 11.4. The van der Waals surface area contributed by atoms with Crippen LogP contribution in [0.25, 0.3) is 0 Å². The van der Waals surface area contributed by atoms with Gasteiger partial charge in [-0.15, -0.1) is 0 Å². The first-order chi connectivity index (χ1) is 7.81.